The van der Waals surface area contributed by atoms with E-state index in [2.05, 4.69) is 4.90 Å². The molecule has 1 saturated heterocycles. The molecule has 0 saturated carbocycles. The van der Waals surface area contributed by atoms with Gasteiger partial charge in [0.25, 0.3) is 0 Å². The summed E-state index contributed by atoms with van der Waals surface area (Å²) in [4.78, 5) is 2.42. The number of piperidine rings is 1. The van der Waals surface area contributed by atoms with Gasteiger partial charge in [-0.05, 0) is 45.2 Å². The van der Waals surface area contributed by atoms with E-state index < -0.39 is 9.84 Å². The van der Waals surface area contributed by atoms with Crippen LogP contribution in [-0.4, -0.2) is 56.2 Å². The van der Waals surface area contributed by atoms with Gasteiger partial charge in [-0.15, -0.1) is 0 Å². The van der Waals surface area contributed by atoms with Crippen molar-refractivity contribution in [1.82, 2.24) is 4.90 Å². The first kappa shape index (κ1) is 14.9. The molecule has 0 aliphatic carbocycles. The highest BCUT2D eigenvalue weighted by Gasteiger charge is 2.21. The van der Waals surface area contributed by atoms with E-state index in [0.29, 0.717) is 11.8 Å². The number of hydrogen-bond acceptors (Lipinski definition) is 4. The summed E-state index contributed by atoms with van der Waals surface area (Å²) in [6, 6.07) is 0.506. The van der Waals surface area contributed by atoms with E-state index in [-0.39, 0.29) is 6.61 Å². The van der Waals surface area contributed by atoms with Crippen LogP contribution in [0.2, 0.25) is 0 Å². The second-order valence-corrected chi connectivity index (χ2v) is 7.29. The van der Waals surface area contributed by atoms with E-state index in [4.69, 9.17) is 5.11 Å². The van der Waals surface area contributed by atoms with Crippen molar-refractivity contribution in [2.24, 2.45) is 0 Å². The first-order valence-corrected chi connectivity index (χ1v) is 8.61. The summed E-state index contributed by atoms with van der Waals surface area (Å²) in [5, 5.41) is 9.01. The SMILES string of the molecule is CS(=O)(=O)CCCCN1CCCCC1CCO. The van der Waals surface area contributed by atoms with Crippen molar-refractivity contribution in [3.63, 3.8) is 0 Å². The zero-order valence-electron chi connectivity index (χ0n) is 10.8. The molecule has 1 rings (SSSR count). The lowest BCUT2D eigenvalue weighted by Gasteiger charge is -2.35. The lowest BCUT2D eigenvalue weighted by Crippen LogP contribution is -2.40. The molecule has 0 radical (unpaired) electrons. The molecule has 17 heavy (non-hydrogen) atoms. The molecule has 0 aromatic carbocycles. The van der Waals surface area contributed by atoms with Crippen molar-refractivity contribution in [2.45, 2.75) is 44.6 Å². The Balaban J connectivity index is 2.23. The van der Waals surface area contributed by atoms with Gasteiger partial charge in [-0.2, -0.15) is 0 Å². The Morgan fingerprint density at radius 3 is 2.71 bits per heavy atom. The molecule has 0 aromatic heterocycles. The topological polar surface area (TPSA) is 57.6 Å². The summed E-state index contributed by atoms with van der Waals surface area (Å²) in [6.45, 7) is 2.33. The van der Waals surface area contributed by atoms with Crippen LogP contribution in [0, 0.1) is 0 Å². The molecule has 1 N–H and O–H groups in total. The summed E-state index contributed by atoms with van der Waals surface area (Å²) >= 11 is 0. The standard InChI is InChI=1S/C12H25NO3S/c1-17(15,16)11-5-4-9-13-8-3-2-6-12(13)7-10-14/h12,14H,2-11H2,1H3. The normalized spacial score (nSPS) is 22.8. The number of sulfone groups is 1. The second-order valence-electron chi connectivity index (χ2n) is 5.03. The predicted octanol–water partition coefficient (Wildman–Crippen LogP) is 1.05. The number of aliphatic hydroxyl groups is 1. The second kappa shape index (κ2) is 7.34. The maximum absolute atomic E-state index is 11.0. The van der Waals surface area contributed by atoms with Gasteiger partial charge in [0.15, 0.2) is 0 Å². The number of aliphatic hydroxyl groups excluding tert-OH is 1. The largest absolute Gasteiger partial charge is 0.396 e. The van der Waals surface area contributed by atoms with Gasteiger partial charge in [0.2, 0.25) is 0 Å². The van der Waals surface area contributed by atoms with Crippen molar-refractivity contribution in [3.05, 3.63) is 0 Å². The van der Waals surface area contributed by atoms with Gasteiger partial charge in [0.05, 0.1) is 0 Å². The first-order valence-electron chi connectivity index (χ1n) is 6.55. The average Bonchev–Trinajstić information content (AvgIpc) is 2.25. The van der Waals surface area contributed by atoms with E-state index in [1.165, 1.54) is 25.5 Å². The average molecular weight is 263 g/mol. The molecule has 5 heteroatoms. The molecule has 1 heterocycles. The highest BCUT2D eigenvalue weighted by molar-refractivity contribution is 7.90. The van der Waals surface area contributed by atoms with E-state index in [1.54, 1.807) is 0 Å². The van der Waals surface area contributed by atoms with Gasteiger partial charge in [0, 0.05) is 24.7 Å². The first-order chi connectivity index (χ1) is 8.03. The fourth-order valence-corrected chi connectivity index (χ4v) is 3.24. The molecular weight excluding hydrogens is 238 g/mol. The van der Waals surface area contributed by atoms with E-state index in [9.17, 15) is 8.42 Å². The smallest absolute Gasteiger partial charge is 0.147 e. The molecule has 0 aromatic rings. The van der Waals surface area contributed by atoms with E-state index >= 15 is 0 Å². The Morgan fingerprint density at radius 1 is 1.29 bits per heavy atom. The molecule has 1 fully saturated rings. The molecule has 0 amide bonds. The van der Waals surface area contributed by atoms with Crippen molar-refractivity contribution in [3.8, 4) is 0 Å². The lowest BCUT2D eigenvalue weighted by molar-refractivity contribution is 0.118. The van der Waals surface area contributed by atoms with Crippen LogP contribution < -0.4 is 0 Å². The number of likely N-dealkylation sites (tertiary alicyclic amines) is 1. The van der Waals surface area contributed by atoms with E-state index in [0.717, 1.165) is 32.4 Å². The van der Waals surface area contributed by atoms with Gasteiger partial charge in [-0.1, -0.05) is 6.42 Å². The van der Waals surface area contributed by atoms with Crippen LogP contribution in [0.25, 0.3) is 0 Å². The molecule has 1 unspecified atom stereocenters. The maximum Gasteiger partial charge on any atom is 0.147 e. The minimum atomic E-state index is -2.81. The Morgan fingerprint density at radius 2 is 2.06 bits per heavy atom. The highest BCUT2D eigenvalue weighted by atomic mass is 32.2. The van der Waals surface area contributed by atoms with Gasteiger partial charge in [-0.3, -0.25) is 0 Å². The third kappa shape index (κ3) is 6.38. The number of nitrogens with zero attached hydrogens (tertiary/aromatic N) is 1. The molecule has 1 atom stereocenters. The fraction of sp³-hybridized carbons (Fsp3) is 1.00. The Bertz CT molecular complexity index is 301. The van der Waals surface area contributed by atoms with Gasteiger partial charge in [-0.25, -0.2) is 8.42 Å². The highest BCUT2D eigenvalue weighted by Crippen LogP contribution is 2.19. The quantitative estimate of drug-likeness (QED) is 0.698. The monoisotopic (exact) mass is 263 g/mol. The molecule has 0 spiro atoms. The number of hydrogen-bond donors (Lipinski definition) is 1. The Hall–Kier alpha value is -0.130. The number of rotatable bonds is 7. The minimum absolute atomic E-state index is 0.254. The summed E-state index contributed by atoms with van der Waals surface area (Å²) in [7, 11) is -2.81. The zero-order chi connectivity index (χ0) is 12.7. The third-order valence-electron chi connectivity index (χ3n) is 3.42. The van der Waals surface area contributed by atoms with Crippen LogP contribution in [0.3, 0.4) is 0 Å². The molecule has 0 bridgehead atoms. The minimum Gasteiger partial charge on any atom is -0.396 e. The van der Waals surface area contributed by atoms with Crippen LogP contribution in [-0.2, 0) is 9.84 Å². The zero-order valence-corrected chi connectivity index (χ0v) is 11.6. The summed E-state index contributed by atoms with van der Waals surface area (Å²) in [5.41, 5.74) is 0. The summed E-state index contributed by atoms with van der Waals surface area (Å²) in [6.07, 6.45) is 7.50. The maximum atomic E-state index is 11.0. The van der Waals surface area contributed by atoms with Crippen LogP contribution in [0.15, 0.2) is 0 Å². The van der Waals surface area contributed by atoms with E-state index in [1.807, 2.05) is 0 Å². The van der Waals surface area contributed by atoms with Crippen molar-refractivity contribution in [2.75, 3.05) is 31.7 Å². The molecule has 1 aliphatic heterocycles. The molecular formula is C12H25NO3S. The Kier molecular flexibility index (Phi) is 6.44. The molecule has 4 nitrogen and oxygen atoms in total. The van der Waals surface area contributed by atoms with Crippen LogP contribution >= 0.6 is 0 Å². The summed E-state index contributed by atoms with van der Waals surface area (Å²) < 4.78 is 22.0. The van der Waals surface area contributed by atoms with Crippen molar-refractivity contribution >= 4 is 9.84 Å². The van der Waals surface area contributed by atoms with Crippen molar-refractivity contribution < 1.29 is 13.5 Å². The predicted molar refractivity (Wildman–Crippen MR) is 69.9 cm³/mol. The fourth-order valence-electron chi connectivity index (χ4n) is 2.51. The van der Waals surface area contributed by atoms with Gasteiger partial charge >= 0.3 is 0 Å². The van der Waals surface area contributed by atoms with Crippen LogP contribution in [0.5, 0.6) is 0 Å². The van der Waals surface area contributed by atoms with Crippen LogP contribution in [0.4, 0.5) is 0 Å². The van der Waals surface area contributed by atoms with Gasteiger partial charge in [0.1, 0.15) is 9.84 Å². The lowest BCUT2D eigenvalue weighted by atomic mass is 9.99. The van der Waals surface area contributed by atoms with Crippen molar-refractivity contribution in [1.29, 1.82) is 0 Å². The number of unbranched alkanes of at least 4 members (excludes halogenated alkanes) is 1. The molecule has 1 aliphatic rings. The van der Waals surface area contributed by atoms with Gasteiger partial charge < -0.3 is 10.0 Å². The third-order valence-corrected chi connectivity index (χ3v) is 4.45. The molecule has 102 valence electrons. The summed E-state index contributed by atoms with van der Waals surface area (Å²) in [5.74, 6) is 0.297. The Labute approximate surface area is 105 Å². The van der Waals surface area contributed by atoms with Crippen LogP contribution in [0.1, 0.15) is 38.5 Å².